The van der Waals surface area contributed by atoms with Crippen molar-refractivity contribution in [1.82, 2.24) is 15.3 Å². The molecule has 1 heterocycles. The van der Waals surface area contributed by atoms with E-state index in [0.29, 0.717) is 36.3 Å². The highest BCUT2D eigenvalue weighted by Crippen LogP contribution is 2.18. The van der Waals surface area contributed by atoms with Crippen molar-refractivity contribution >= 4 is 29.2 Å². The summed E-state index contributed by atoms with van der Waals surface area (Å²) in [6, 6.07) is 16.8. The van der Waals surface area contributed by atoms with E-state index in [1.165, 1.54) is 5.56 Å². The Morgan fingerprint density at radius 2 is 1.77 bits per heavy atom. The standard InChI is InChI=1S/C22H26N6O2/c1-15-7-9-17(10-8-15)26-20-13-16(2)25-21(28-20)23-11-12-24-22(29)27-18-5-4-6-19(14-18)30-3/h4-10,13-14H,11-12H2,1-3H3,(H2,24,27,29)(H2,23,25,26,28). The molecule has 4 N–H and O–H groups in total. The third-order valence-electron chi connectivity index (χ3n) is 4.20. The van der Waals surface area contributed by atoms with Gasteiger partial charge in [0.2, 0.25) is 5.95 Å². The van der Waals surface area contributed by atoms with Crippen LogP contribution in [0.3, 0.4) is 0 Å². The van der Waals surface area contributed by atoms with Crippen molar-refractivity contribution in [3.8, 4) is 5.75 Å². The van der Waals surface area contributed by atoms with E-state index in [9.17, 15) is 4.79 Å². The van der Waals surface area contributed by atoms with E-state index in [4.69, 9.17) is 4.74 Å². The van der Waals surface area contributed by atoms with Crippen LogP contribution in [0.5, 0.6) is 5.75 Å². The monoisotopic (exact) mass is 406 g/mol. The second kappa shape index (κ2) is 10.1. The molecule has 0 saturated carbocycles. The molecule has 3 rings (SSSR count). The first kappa shape index (κ1) is 20.9. The second-order valence-electron chi connectivity index (χ2n) is 6.75. The molecule has 0 bridgehead atoms. The van der Waals surface area contributed by atoms with E-state index in [0.717, 1.165) is 11.4 Å². The van der Waals surface area contributed by atoms with Crippen LogP contribution >= 0.6 is 0 Å². The van der Waals surface area contributed by atoms with E-state index >= 15 is 0 Å². The number of hydrogen-bond acceptors (Lipinski definition) is 6. The molecule has 0 saturated heterocycles. The lowest BCUT2D eigenvalue weighted by molar-refractivity contribution is 0.252. The summed E-state index contributed by atoms with van der Waals surface area (Å²) in [5, 5.41) is 12.0. The Bertz CT molecular complexity index is 991. The zero-order valence-electron chi connectivity index (χ0n) is 17.3. The molecular formula is C22H26N6O2. The number of amides is 2. The molecule has 0 atom stereocenters. The molecule has 2 amide bonds. The number of aryl methyl sites for hydroxylation is 2. The van der Waals surface area contributed by atoms with Gasteiger partial charge in [0.25, 0.3) is 0 Å². The maximum absolute atomic E-state index is 12.0. The van der Waals surface area contributed by atoms with Gasteiger partial charge in [0.05, 0.1) is 7.11 Å². The number of urea groups is 1. The van der Waals surface area contributed by atoms with Gasteiger partial charge in [-0.25, -0.2) is 9.78 Å². The number of carbonyl (C=O) groups excluding carboxylic acids is 1. The lowest BCUT2D eigenvalue weighted by Crippen LogP contribution is -2.32. The maximum atomic E-state index is 12.0. The summed E-state index contributed by atoms with van der Waals surface area (Å²) in [7, 11) is 1.58. The lowest BCUT2D eigenvalue weighted by Gasteiger charge is -2.11. The minimum absolute atomic E-state index is 0.294. The molecule has 156 valence electrons. The molecule has 2 aromatic carbocycles. The van der Waals surface area contributed by atoms with Crippen LogP contribution in [0, 0.1) is 13.8 Å². The average Bonchev–Trinajstić information content (AvgIpc) is 2.73. The first-order chi connectivity index (χ1) is 14.5. The Labute approximate surface area is 176 Å². The molecule has 0 radical (unpaired) electrons. The van der Waals surface area contributed by atoms with Crippen molar-refractivity contribution in [2.75, 3.05) is 36.1 Å². The molecule has 0 aliphatic heterocycles. The summed E-state index contributed by atoms with van der Waals surface area (Å²) in [6.07, 6.45) is 0. The Balaban J connectivity index is 1.47. The molecule has 3 aromatic rings. The number of carbonyl (C=O) groups is 1. The summed E-state index contributed by atoms with van der Waals surface area (Å²) in [4.78, 5) is 20.9. The van der Waals surface area contributed by atoms with Crippen LogP contribution < -0.4 is 26.0 Å². The number of anilines is 4. The van der Waals surface area contributed by atoms with E-state index in [-0.39, 0.29) is 6.03 Å². The van der Waals surface area contributed by atoms with Crippen LogP contribution in [0.1, 0.15) is 11.3 Å². The number of methoxy groups -OCH3 is 1. The zero-order valence-corrected chi connectivity index (χ0v) is 17.3. The van der Waals surface area contributed by atoms with Gasteiger partial charge in [-0.2, -0.15) is 4.98 Å². The quantitative estimate of drug-likeness (QED) is 0.421. The highest BCUT2D eigenvalue weighted by Gasteiger charge is 2.05. The van der Waals surface area contributed by atoms with Crippen molar-refractivity contribution in [2.45, 2.75) is 13.8 Å². The summed E-state index contributed by atoms with van der Waals surface area (Å²) in [5.74, 6) is 1.89. The largest absolute Gasteiger partial charge is 0.497 e. The Kier molecular flexibility index (Phi) is 7.05. The average molecular weight is 406 g/mol. The van der Waals surface area contributed by atoms with Crippen LogP contribution in [0.4, 0.5) is 27.9 Å². The van der Waals surface area contributed by atoms with Gasteiger partial charge < -0.3 is 26.0 Å². The van der Waals surface area contributed by atoms with Gasteiger partial charge in [-0.05, 0) is 38.1 Å². The number of rotatable bonds is 8. The predicted octanol–water partition coefficient (Wildman–Crippen LogP) is 4.08. The van der Waals surface area contributed by atoms with E-state index in [1.807, 2.05) is 56.3 Å². The highest BCUT2D eigenvalue weighted by molar-refractivity contribution is 5.89. The van der Waals surface area contributed by atoms with E-state index in [2.05, 4.69) is 31.2 Å². The van der Waals surface area contributed by atoms with Crippen LogP contribution in [-0.2, 0) is 0 Å². The zero-order chi connectivity index (χ0) is 21.3. The van der Waals surface area contributed by atoms with E-state index in [1.54, 1.807) is 19.2 Å². The number of nitrogens with one attached hydrogen (secondary N) is 4. The molecule has 0 unspecified atom stereocenters. The number of ether oxygens (including phenoxy) is 1. The molecule has 0 aliphatic rings. The fraction of sp³-hybridized carbons (Fsp3) is 0.227. The smallest absolute Gasteiger partial charge is 0.319 e. The third-order valence-corrected chi connectivity index (χ3v) is 4.20. The number of nitrogens with zero attached hydrogens (tertiary/aromatic N) is 2. The van der Waals surface area contributed by atoms with Gasteiger partial charge in [0.1, 0.15) is 11.6 Å². The van der Waals surface area contributed by atoms with Crippen LogP contribution in [-0.4, -0.2) is 36.2 Å². The minimum Gasteiger partial charge on any atom is -0.497 e. The topological polar surface area (TPSA) is 100 Å². The SMILES string of the molecule is COc1cccc(NC(=O)NCCNc2nc(C)cc(Nc3ccc(C)cc3)n2)c1. The summed E-state index contributed by atoms with van der Waals surface area (Å²) in [6.45, 7) is 4.85. The lowest BCUT2D eigenvalue weighted by atomic mass is 10.2. The van der Waals surface area contributed by atoms with Crippen LogP contribution in [0.25, 0.3) is 0 Å². The Hall–Kier alpha value is -3.81. The third kappa shape index (κ3) is 6.37. The van der Waals surface area contributed by atoms with Gasteiger partial charge in [0, 0.05) is 42.3 Å². The molecule has 0 spiro atoms. The first-order valence-electron chi connectivity index (χ1n) is 9.64. The van der Waals surface area contributed by atoms with Crippen molar-refractivity contribution in [2.24, 2.45) is 0 Å². The molecule has 8 nitrogen and oxygen atoms in total. The Morgan fingerprint density at radius 1 is 0.967 bits per heavy atom. The summed E-state index contributed by atoms with van der Waals surface area (Å²) >= 11 is 0. The van der Waals surface area contributed by atoms with Crippen LogP contribution in [0.2, 0.25) is 0 Å². The summed E-state index contributed by atoms with van der Waals surface area (Å²) < 4.78 is 5.15. The fourth-order valence-electron chi connectivity index (χ4n) is 2.72. The fourth-order valence-corrected chi connectivity index (χ4v) is 2.72. The number of aromatic nitrogens is 2. The van der Waals surface area contributed by atoms with Crippen LogP contribution in [0.15, 0.2) is 54.6 Å². The van der Waals surface area contributed by atoms with Gasteiger partial charge >= 0.3 is 6.03 Å². The molecule has 0 fully saturated rings. The highest BCUT2D eigenvalue weighted by atomic mass is 16.5. The molecule has 1 aromatic heterocycles. The van der Waals surface area contributed by atoms with Gasteiger partial charge in [-0.3, -0.25) is 0 Å². The van der Waals surface area contributed by atoms with Crippen molar-refractivity contribution < 1.29 is 9.53 Å². The minimum atomic E-state index is -0.294. The predicted molar refractivity (Wildman–Crippen MR) is 120 cm³/mol. The molecule has 8 heteroatoms. The molecular weight excluding hydrogens is 380 g/mol. The molecule has 0 aliphatic carbocycles. The number of benzene rings is 2. The first-order valence-corrected chi connectivity index (χ1v) is 9.64. The van der Waals surface area contributed by atoms with Crippen molar-refractivity contribution in [1.29, 1.82) is 0 Å². The Morgan fingerprint density at radius 3 is 2.53 bits per heavy atom. The van der Waals surface area contributed by atoms with Crippen molar-refractivity contribution in [3.63, 3.8) is 0 Å². The van der Waals surface area contributed by atoms with Crippen molar-refractivity contribution in [3.05, 3.63) is 65.9 Å². The van der Waals surface area contributed by atoms with Gasteiger partial charge in [-0.1, -0.05) is 23.8 Å². The van der Waals surface area contributed by atoms with Gasteiger partial charge in [-0.15, -0.1) is 0 Å². The maximum Gasteiger partial charge on any atom is 0.319 e. The molecule has 30 heavy (non-hydrogen) atoms. The summed E-state index contributed by atoms with van der Waals surface area (Å²) in [5.41, 5.74) is 3.66. The normalized spacial score (nSPS) is 10.2. The number of hydrogen-bond donors (Lipinski definition) is 4. The second-order valence-corrected chi connectivity index (χ2v) is 6.75. The van der Waals surface area contributed by atoms with Gasteiger partial charge in [0.15, 0.2) is 0 Å². The van der Waals surface area contributed by atoms with E-state index < -0.39 is 0 Å².